The fourth-order valence-electron chi connectivity index (χ4n) is 1.66. The second-order valence-corrected chi connectivity index (χ2v) is 3.85. The number of benzene rings is 1. The summed E-state index contributed by atoms with van der Waals surface area (Å²) in [4.78, 5) is 29.4. The number of hydrogen-bond donors (Lipinski definition) is 0. The van der Waals surface area contributed by atoms with Gasteiger partial charge in [0.05, 0.1) is 29.7 Å². The Morgan fingerprint density at radius 3 is 2.62 bits per heavy atom. The number of halogens is 1. The van der Waals surface area contributed by atoms with Crippen molar-refractivity contribution in [1.29, 1.82) is 0 Å². The molecular weight excluding hydrogens is 285 g/mol. The molecule has 1 aromatic heterocycles. The summed E-state index contributed by atoms with van der Waals surface area (Å²) in [6.07, 6.45) is 0. The van der Waals surface area contributed by atoms with Gasteiger partial charge in [-0.3, -0.25) is 10.1 Å². The van der Waals surface area contributed by atoms with E-state index in [1.807, 2.05) is 0 Å². The van der Waals surface area contributed by atoms with Gasteiger partial charge in [0.2, 0.25) is 17.4 Å². The van der Waals surface area contributed by atoms with Crippen LogP contribution in [0.3, 0.4) is 0 Å². The molecule has 2 rings (SSSR count). The van der Waals surface area contributed by atoms with Crippen molar-refractivity contribution in [3.63, 3.8) is 0 Å². The zero-order chi connectivity index (χ0) is 15.6. The van der Waals surface area contributed by atoms with Gasteiger partial charge in [-0.25, -0.2) is 14.8 Å². The Morgan fingerprint density at radius 1 is 1.38 bits per heavy atom. The summed E-state index contributed by atoms with van der Waals surface area (Å²) in [5.41, 5.74) is -0.933. The topological polar surface area (TPSA) is 104 Å². The first-order valence-electron chi connectivity index (χ1n) is 5.84. The molecule has 0 aliphatic carbocycles. The third-order valence-corrected chi connectivity index (χ3v) is 2.56. The van der Waals surface area contributed by atoms with Crippen LogP contribution in [0.1, 0.15) is 17.4 Å². The molecule has 0 fully saturated rings. The minimum Gasteiger partial charge on any atom is -0.479 e. The summed E-state index contributed by atoms with van der Waals surface area (Å²) in [5, 5.41) is 10.7. The molecule has 8 nitrogen and oxygen atoms in total. The molecule has 0 aliphatic rings. The van der Waals surface area contributed by atoms with Gasteiger partial charge in [-0.2, -0.15) is 4.39 Å². The van der Waals surface area contributed by atoms with E-state index in [-0.39, 0.29) is 29.2 Å². The van der Waals surface area contributed by atoms with E-state index in [9.17, 15) is 19.3 Å². The Kier molecular flexibility index (Phi) is 3.92. The zero-order valence-corrected chi connectivity index (χ0v) is 11.1. The van der Waals surface area contributed by atoms with E-state index in [0.29, 0.717) is 0 Å². The molecule has 0 bridgehead atoms. The lowest BCUT2D eigenvalue weighted by Gasteiger charge is -2.07. The van der Waals surface area contributed by atoms with Crippen molar-refractivity contribution >= 4 is 22.7 Å². The molecule has 0 N–H and O–H groups in total. The van der Waals surface area contributed by atoms with Crippen molar-refractivity contribution in [2.45, 2.75) is 6.92 Å². The minimum atomic E-state index is -1.07. The molecule has 9 heteroatoms. The summed E-state index contributed by atoms with van der Waals surface area (Å²) >= 11 is 0. The monoisotopic (exact) mass is 295 g/mol. The molecule has 0 spiro atoms. The second kappa shape index (κ2) is 5.65. The van der Waals surface area contributed by atoms with Gasteiger partial charge in [-0.15, -0.1) is 0 Å². The van der Waals surface area contributed by atoms with Crippen LogP contribution in [-0.2, 0) is 4.74 Å². The number of methoxy groups -OCH3 is 1. The van der Waals surface area contributed by atoms with Crippen LogP contribution in [0.2, 0.25) is 0 Å². The van der Waals surface area contributed by atoms with Crippen LogP contribution in [0.4, 0.5) is 10.1 Å². The largest absolute Gasteiger partial charge is 0.479 e. The minimum absolute atomic E-state index is 0.0121. The Balaban J connectivity index is 2.67. The quantitative estimate of drug-likeness (QED) is 0.481. The lowest BCUT2D eigenvalue weighted by Crippen LogP contribution is -2.11. The number of nitro benzene ring substituents is 1. The number of hydrogen-bond acceptors (Lipinski definition) is 7. The maximum Gasteiger partial charge on any atom is 0.362 e. The number of carbonyl (C=O) groups is 1. The molecule has 1 aromatic carbocycles. The van der Waals surface area contributed by atoms with E-state index in [1.54, 1.807) is 6.92 Å². The SMILES string of the molecule is CCOC(=O)c1nc2cc(F)c([N+](=O)[O-])cc2nc1OC. The van der Waals surface area contributed by atoms with E-state index in [4.69, 9.17) is 9.47 Å². The van der Waals surface area contributed by atoms with Crippen molar-refractivity contribution in [2.24, 2.45) is 0 Å². The van der Waals surface area contributed by atoms with E-state index in [1.165, 1.54) is 7.11 Å². The highest BCUT2D eigenvalue weighted by atomic mass is 19.1. The number of ether oxygens (including phenoxy) is 2. The highest BCUT2D eigenvalue weighted by Crippen LogP contribution is 2.25. The normalized spacial score (nSPS) is 10.4. The summed E-state index contributed by atoms with van der Waals surface area (Å²) in [5.74, 6) is -1.99. The second-order valence-electron chi connectivity index (χ2n) is 3.85. The highest BCUT2D eigenvalue weighted by Gasteiger charge is 2.22. The van der Waals surface area contributed by atoms with Crippen LogP contribution >= 0.6 is 0 Å². The average molecular weight is 295 g/mol. The molecule has 110 valence electrons. The third kappa shape index (κ3) is 2.71. The molecule has 0 saturated carbocycles. The lowest BCUT2D eigenvalue weighted by atomic mass is 10.2. The Labute approximate surface area is 117 Å². The van der Waals surface area contributed by atoms with Crippen LogP contribution in [0, 0.1) is 15.9 Å². The van der Waals surface area contributed by atoms with Gasteiger partial charge in [-0.1, -0.05) is 0 Å². The number of fused-ring (bicyclic) bond motifs is 1. The van der Waals surface area contributed by atoms with Crippen molar-refractivity contribution in [3.05, 3.63) is 33.8 Å². The average Bonchev–Trinajstić information content (AvgIpc) is 2.45. The molecule has 21 heavy (non-hydrogen) atoms. The van der Waals surface area contributed by atoms with E-state index < -0.39 is 22.4 Å². The third-order valence-electron chi connectivity index (χ3n) is 2.56. The number of aromatic nitrogens is 2. The number of nitro groups is 1. The van der Waals surface area contributed by atoms with Crippen molar-refractivity contribution in [3.8, 4) is 5.88 Å². The highest BCUT2D eigenvalue weighted by molar-refractivity contribution is 5.92. The van der Waals surface area contributed by atoms with E-state index >= 15 is 0 Å². The number of carbonyl (C=O) groups excluding carboxylic acids is 1. The van der Waals surface area contributed by atoms with Gasteiger partial charge in [-0.05, 0) is 6.92 Å². The van der Waals surface area contributed by atoms with Gasteiger partial charge in [0.1, 0.15) is 0 Å². The first-order valence-corrected chi connectivity index (χ1v) is 5.84. The smallest absolute Gasteiger partial charge is 0.362 e. The molecule has 0 atom stereocenters. The van der Waals surface area contributed by atoms with Crippen LogP contribution in [-0.4, -0.2) is 34.6 Å². The molecule has 0 amide bonds. The Morgan fingerprint density at radius 2 is 2.05 bits per heavy atom. The van der Waals surface area contributed by atoms with Crippen LogP contribution in [0.5, 0.6) is 5.88 Å². The van der Waals surface area contributed by atoms with Gasteiger partial charge < -0.3 is 9.47 Å². The zero-order valence-electron chi connectivity index (χ0n) is 11.1. The van der Waals surface area contributed by atoms with E-state index in [0.717, 1.165) is 12.1 Å². The Bertz CT molecular complexity index is 734. The maximum atomic E-state index is 13.6. The molecule has 1 heterocycles. The van der Waals surface area contributed by atoms with Gasteiger partial charge >= 0.3 is 11.7 Å². The molecular formula is C12H10FN3O5. The Hall–Kier alpha value is -2.84. The molecule has 0 unspecified atom stereocenters. The summed E-state index contributed by atoms with van der Waals surface area (Å²) in [6, 6.07) is 1.76. The van der Waals surface area contributed by atoms with Gasteiger partial charge in [0.25, 0.3) is 0 Å². The maximum absolute atomic E-state index is 13.6. The molecule has 0 aliphatic heterocycles. The summed E-state index contributed by atoms with van der Waals surface area (Å²) in [6.45, 7) is 1.73. The number of rotatable bonds is 4. The fourth-order valence-corrected chi connectivity index (χ4v) is 1.66. The first kappa shape index (κ1) is 14.6. The van der Waals surface area contributed by atoms with Crippen molar-refractivity contribution in [1.82, 2.24) is 9.97 Å². The van der Waals surface area contributed by atoms with Gasteiger partial charge in [0, 0.05) is 12.1 Å². The molecule has 0 saturated heterocycles. The predicted octanol–water partition coefficient (Wildman–Crippen LogP) is 1.86. The van der Waals surface area contributed by atoms with Gasteiger partial charge in [0.15, 0.2) is 0 Å². The van der Waals surface area contributed by atoms with Crippen molar-refractivity contribution in [2.75, 3.05) is 13.7 Å². The number of nitrogens with zero attached hydrogens (tertiary/aromatic N) is 3. The van der Waals surface area contributed by atoms with Crippen molar-refractivity contribution < 1.29 is 23.6 Å². The van der Waals surface area contributed by atoms with Crippen LogP contribution in [0.15, 0.2) is 12.1 Å². The predicted molar refractivity (Wildman–Crippen MR) is 68.7 cm³/mol. The lowest BCUT2D eigenvalue weighted by molar-refractivity contribution is -0.387. The van der Waals surface area contributed by atoms with E-state index in [2.05, 4.69) is 9.97 Å². The molecule has 2 aromatic rings. The fraction of sp³-hybridized carbons (Fsp3) is 0.250. The standard InChI is InChI=1S/C12H10FN3O5/c1-3-21-12(17)10-11(20-2)15-8-5-9(16(18)19)6(13)4-7(8)14-10/h4-5H,3H2,1-2H3. The van der Waals surface area contributed by atoms with Crippen LogP contribution in [0.25, 0.3) is 11.0 Å². The number of esters is 1. The molecule has 0 radical (unpaired) electrons. The summed E-state index contributed by atoms with van der Waals surface area (Å²) in [7, 11) is 1.26. The first-order chi connectivity index (χ1) is 9.97. The summed E-state index contributed by atoms with van der Waals surface area (Å²) < 4.78 is 23.3. The van der Waals surface area contributed by atoms with Crippen LogP contribution < -0.4 is 4.74 Å².